The predicted molar refractivity (Wildman–Crippen MR) is 137 cm³/mol. The summed E-state index contributed by atoms with van der Waals surface area (Å²) >= 11 is 0. The fourth-order valence-electron chi connectivity index (χ4n) is 3.61. The number of aromatic nitrogens is 1. The summed E-state index contributed by atoms with van der Waals surface area (Å²) in [6.45, 7) is 7.51. The minimum absolute atomic E-state index is 0. The summed E-state index contributed by atoms with van der Waals surface area (Å²) in [6, 6.07) is 16.8. The Labute approximate surface area is 198 Å². The number of hydrogen-bond donors (Lipinski definition) is 2. The third-order valence-corrected chi connectivity index (χ3v) is 5.31. The molecule has 0 unspecified atom stereocenters. The molecule has 1 fully saturated rings. The summed E-state index contributed by atoms with van der Waals surface area (Å²) in [5, 5.41) is 6.78. The van der Waals surface area contributed by atoms with E-state index < -0.39 is 0 Å². The second-order valence-corrected chi connectivity index (χ2v) is 7.37. The first-order valence-electron chi connectivity index (χ1n) is 10.7. The zero-order valence-electron chi connectivity index (χ0n) is 18.0. The molecule has 2 N–H and O–H groups in total. The van der Waals surface area contributed by atoms with Crippen LogP contribution in [0.3, 0.4) is 0 Å². The molecule has 0 bridgehead atoms. The predicted octanol–water partition coefficient (Wildman–Crippen LogP) is 3.01. The highest BCUT2D eigenvalue weighted by atomic mass is 127. The molecule has 0 saturated carbocycles. The molecule has 2 aromatic rings. The Hall–Kier alpha value is -1.87. The van der Waals surface area contributed by atoms with Crippen molar-refractivity contribution in [3.63, 3.8) is 0 Å². The third-order valence-electron chi connectivity index (χ3n) is 5.31. The highest BCUT2D eigenvalue weighted by molar-refractivity contribution is 14.0. The van der Waals surface area contributed by atoms with Gasteiger partial charge in [0.2, 0.25) is 0 Å². The number of hydrogen-bond acceptors (Lipinski definition) is 4. The van der Waals surface area contributed by atoms with E-state index in [0.29, 0.717) is 0 Å². The van der Waals surface area contributed by atoms with Crippen molar-refractivity contribution in [2.45, 2.75) is 19.3 Å². The molecular weight excluding hydrogens is 487 g/mol. The van der Waals surface area contributed by atoms with E-state index in [4.69, 9.17) is 0 Å². The summed E-state index contributed by atoms with van der Waals surface area (Å²) in [5.74, 6) is 0.873. The standard InChI is InChI=1S/C23H34N6.HI/c1-24-23(27-15-12-21-9-5-6-13-25-21)26-14-7-8-16-28-17-19-29(20-18-28)22-10-3-2-4-11-22;/h2-6,9-11,13H,7-8,12,14-20H2,1H3,(H2,24,26,27);1H. The number of halogens is 1. The lowest BCUT2D eigenvalue weighted by Crippen LogP contribution is -2.46. The van der Waals surface area contributed by atoms with Crippen molar-refractivity contribution < 1.29 is 0 Å². The monoisotopic (exact) mass is 522 g/mol. The van der Waals surface area contributed by atoms with Gasteiger partial charge in [-0.05, 0) is 43.7 Å². The minimum atomic E-state index is 0. The zero-order chi connectivity index (χ0) is 20.2. The van der Waals surface area contributed by atoms with Crippen LogP contribution in [-0.2, 0) is 6.42 Å². The van der Waals surface area contributed by atoms with E-state index in [2.05, 4.69) is 66.8 Å². The maximum absolute atomic E-state index is 4.35. The molecule has 30 heavy (non-hydrogen) atoms. The van der Waals surface area contributed by atoms with Gasteiger partial charge >= 0.3 is 0 Å². The fourth-order valence-corrected chi connectivity index (χ4v) is 3.61. The number of anilines is 1. The van der Waals surface area contributed by atoms with Gasteiger partial charge in [-0.15, -0.1) is 24.0 Å². The van der Waals surface area contributed by atoms with Crippen molar-refractivity contribution in [1.82, 2.24) is 20.5 Å². The molecule has 0 amide bonds. The van der Waals surface area contributed by atoms with Crippen molar-refractivity contribution in [1.29, 1.82) is 0 Å². The van der Waals surface area contributed by atoms with Gasteiger partial charge in [-0.3, -0.25) is 14.9 Å². The van der Waals surface area contributed by atoms with Crippen molar-refractivity contribution in [2.24, 2.45) is 4.99 Å². The van der Waals surface area contributed by atoms with Crippen LogP contribution >= 0.6 is 24.0 Å². The second kappa shape index (κ2) is 14.2. The van der Waals surface area contributed by atoms with Crippen LogP contribution in [0.25, 0.3) is 0 Å². The van der Waals surface area contributed by atoms with Gasteiger partial charge in [-0.25, -0.2) is 0 Å². The molecule has 1 aliphatic rings. The molecule has 7 heteroatoms. The Kier molecular flexibility index (Phi) is 11.5. The molecule has 6 nitrogen and oxygen atoms in total. The number of aliphatic imine (C=N–C) groups is 1. The van der Waals surface area contributed by atoms with Crippen LogP contribution in [0.15, 0.2) is 59.7 Å². The number of nitrogens with one attached hydrogen (secondary N) is 2. The second-order valence-electron chi connectivity index (χ2n) is 7.37. The summed E-state index contributed by atoms with van der Waals surface area (Å²) in [4.78, 5) is 13.7. The van der Waals surface area contributed by atoms with E-state index in [1.54, 1.807) is 0 Å². The largest absolute Gasteiger partial charge is 0.369 e. The van der Waals surface area contributed by atoms with E-state index in [1.165, 1.54) is 18.7 Å². The zero-order valence-corrected chi connectivity index (χ0v) is 20.3. The molecule has 1 aromatic carbocycles. The molecule has 0 atom stereocenters. The van der Waals surface area contributed by atoms with Gasteiger partial charge in [-0.1, -0.05) is 24.3 Å². The van der Waals surface area contributed by atoms with Crippen LogP contribution in [0.2, 0.25) is 0 Å². The number of nitrogens with zero attached hydrogens (tertiary/aromatic N) is 4. The smallest absolute Gasteiger partial charge is 0.190 e. The molecule has 0 aliphatic carbocycles. The van der Waals surface area contributed by atoms with Gasteiger partial charge in [0.05, 0.1) is 0 Å². The first-order chi connectivity index (χ1) is 14.3. The number of para-hydroxylation sites is 1. The summed E-state index contributed by atoms with van der Waals surface area (Å²) in [7, 11) is 1.82. The van der Waals surface area contributed by atoms with Crippen molar-refractivity contribution in [3.8, 4) is 0 Å². The van der Waals surface area contributed by atoms with Gasteiger partial charge < -0.3 is 15.5 Å². The Balaban J connectivity index is 0.00000320. The van der Waals surface area contributed by atoms with Crippen molar-refractivity contribution in [3.05, 3.63) is 60.4 Å². The molecule has 2 heterocycles. The number of rotatable bonds is 9. The van der Waals surface area contributed by atoms with Gasteiger partial charge in [-0.2, -0.15) is 0 Å². The fraction of sp³-hybridized carbons (Fsp3) is 0.478. The van der Waals surface area contributed by atoms with Gasteiger partial charge in [0.1, 0.15) is 0 Å². The first-order valence-corrected chi connectivity index (χ1v) is 10.7. The lowest BCUT2D eigenvalue weighted by Gasteiger charge is -2.36. The van der Waals surface area contributed by atoms with Crippen LogP contribution in [-0.4, -0.2) is 68.7 Å². The highest BCUT2D eigenvalue weighted by Gasteiger charge is 2.16. The summed E-state index contributed by atoms with van der Waals surface area (Å²) in [5.41, 5.74) is 2.45. The SMILES string of the molecule is CN=C(NCCCCN1CCN(c2ccccc2)CC1)NCCc1ccccn1.I. The molecule has 164 valence electrons. The van der Waals surface area contributed by atoms with Crippen molar-refractivity contribution >= 4 is 35.6 Å². The summed E-state index contributed by atoms with van der Waals surface area (Å²) in [6.07, 6.45) is 5.10. The minimum Gasteiger partial charge on any atom is -0.369 e. The Bertz CT molecular complexity index is 717. The molecule has 0 radical (unpaired) electrons. The van der Waals surface area contributed by atoms with Gasteiger partial charge in [0.15, 0.2) is 5.96 Å². The molecule has 1 saturated heterocycles. The van der Waals surface area contributed by atoms with Crippen LogP contribution in [0.5, 0.6) is 0 Å². The average molecular weight is 522 g/mol. The number of pyridine rings is 1. The highest BCUT2D eigenvalue weighted by Crippen LogP contribution is 2.15. The maximum atomic E-state index is 4.35. The number of benzene rings is 1. The molecule has 0 spiro atoms. The summed E-state index contributed by atoms with van der Waals surface area (Å²) < 4.78 is 0. The van der Waals surface area contributed by atoms with E-state index in [9.17, 15) is 0 Å². The van der Waals surface area contributed by atoms with Crippen LogP contribution in [0, 0.1) is 0 Å². The topological polar surface area (TPSA) is 55.8 Å². The molecular formula is C23H35IN6. The Morgan fingerprint density at radius 2 is 1.67 bits per heavy atom. The van der Waals surface area contributed by atoms with Crippen LogP contribution in [0.1, 0.15) is 18.5 Å². The quantitative estimate of drug-likeness (QED) is 0.230. The van der Waals surface area contributed by atoms with Gasteiger partial charge in [0.25, 0.3) is 0 Å². The lowest BCUT2D eigenvalue weighted by atomic mass is 10.2. The Morgan fingerprint density at radius 3 is 2.37 bits per heavy atom. The van der Waals surface area contributed by atoms with Crippen LogP contribution < -0.4 is 15.5 Å². The van der Waals surface area contributed by atoms with E-state index in [1.807, 2.05) is 25.4 Å². The van der Waals surface area contributed by atoms with E-state index in [-0.39, 0.29) is 24.0 Å². The number of unbranched alkanes of at least 4 members (excludes halogenated alkanes) is 1. The molecule has 1 aliphatic heterocycles. The molecule has 1 aromatic heterocycles. The maximum Gasteiger partial charge on any atom is 0.190 e. The third kappa shape index (κ3) is 8.47. The van der Waals surface area contributed by atoms with E-state index >= 15 is 0 Å². The molecule has 3 rings (SSSR count). The number of piperazine rings is 1. The Morgan fingerprint density at radius 1 is 0.933 bits per heavy atom. The van der Waals surface area contributed by atoms with Gasteiger partial charge in [0, 0.05) is 70.3 Å². The van der Waals surface area contributed by atoms with Crippen LogP contribution in [0.4, 0.5) is 5.69 Å². The van der Waals surface area contributed by atoms with Crippen molar-refractivity contribution in [2.75, 3.05) is 57.8 Å². The number of guanidine groups is 1. The first kappa shape index (κ1) is 24.4. The van der Waals surface area contributed by atoms with E-state index in [0.717, 1.165) is 63.8 Å². The lowest BCUT2D eigenvalue weighted by molar-refractivity contribution is 0.253. The normalized spacial score (nSPS) is 14.8. The average Bonchev–Trinajstić information content (AvgIpc) is 2.79.